The van der Waals surface area contributed by atoms with E-state index in [-0.39, 0.29) is 23.9 Å². The van der Waals surface area contributed by atoms with E-state index in [4.69, 9.17) is 15.7 Å². The largest absolute Gasteiger partial charge is 0.369 e. The van der Waals surface area contributed by atoms with Crippen molar-refractivity contribution in [1.82, 2.24) is 9.97 Å². The second-order valence-electron chi connectivity index (χ2n) is 8.11. The molecule has 1 amide bonds. The number of amides is 1. The van der Waals surface area contributed by atoms with Crippen LogP contribution in [0.4, 0.5) is 11.8 Å². The number of anilines is 2. The van der Waals surface area contributed by atoms with Crippen molar-refractivity contribution in [1.29, 1.82) is 0 Å². The molecule has 7 heteroatoms. The maximum Gasteiger partial charge on any atom is 0.228 e. The van der Waals surface area contributed by atoms with Gasteiger partial charge in [-0.1, -0.05) is 28.1 Å². The molecule has 3 rings (SSSR count). The number of aryl methyl sites for hydroxylation is 1. The highest BCUT2D eigenvalue weighted by molar-refractivity contribution is 9.10. The Morgan fingerprint density at radius 3 is 2.34 bits per heavy atom. The van der Waals surface area contributed by atoms with Gasteiger partial charge in [0.25, 0.3) is 0 Å². The molecule has 0 radical (unpaired) electrons. The molecular weight excluding hydrogens is 430 g/mol. The molecule has 29 heavy (non-hydrogen) atoms. The molecule has 0 unspecified atom stereocenters. The number of carbonyl (C=O) groups is 1. The van der Waals surface area contributed by atoms with E-state index in [1.54, 1.807) is 0 Å². The van der Waals surface area contributed by atoms with Crippen LogP contribution in [0.5, 0.6) is 0 Å². The van der Waals surface area contributed by atoms with Crippen LogP contribution in [-0.2, 0) is 4.79 Å². The van der Waals surface area contributed by atoms with Gasteiger partial charge in [-0.05, 0) is 57.2 Å². The third-order valence-electron chi connectivity index (χ3n) is 5.85. The van der Waals surface area contributed by atoms with Gasteiger partial charge in [0.1, 0.15) is 5.82 Å². The summed E-state index contributed by atoms with van der Waals surface area (Å²) in [6.45, 7) is 4.22. The minimum absolute atomic E-state index is 0.0210. The summed E-state index contributed by atoms with van der Waals surface area (Å²) in [5.41, 5.74) is 7.81. The predicted molar refractivity (Wildman–Crippen MR) is 121 cm³/mol. The SMILES string of the molecule is Cc1cnc(N(C2CCC(C(N)=O)CC2)[C@@H](C)c2ccc(Br)cc2)nc1N(C)C. The van der Waals surface area contributed by atoms with Gasteiger partial charge in [0.05, 0.1) is 6.04 Å². The van der Waals surface area contributed by atoms with Crippen molar-refractivity contribution in [3.05, 3.63) is 46.1 Å². The van der Waals surface area contributed by atoms with Gasteiger partial charge >= 0.3 is 0 Å². The normalized spacial score (nSPS) is 20.2. The summed E-state index contributed by atoms with van der Waals surface area (Å²) in [5, 5.41) is 0. The van der Waals surface area contributed by atoms with E-state index in [1.807, 2.05) is 32.1 Å². The quantitative estimate of drug-likeness (QED) is 0.699. The number of hydrogen-bond donors (Lipinski definition) is 1. The Balaban J connectivity index is 1.97. The fraction of sp³-hybridized carbons (Fsp3) is 0.500. The zero-order valence-electron chi connectivity index (χ0n) is 17.6. The summed E-state index contributed by atoms with van der Waals surface area (Å²) < 4.78 is 1.06. The molecule has 0 spiro atoms. The molecule has 0 aliphatic heterocycles. The summed E-state index contributed by atoms with van der Waals surface area (Å²) in [6, 6.07) is 8.78. The van der Waals surface area contributed by atoms with E-state index in [0.29, 0.717) is 0 Å². The maximum atomic E-state index is 11.6. The van der Waals surface area contributed by atoms with Gasteiger partial charge in [-0.15, -0.1) is 0 Å². The van der Waals surface area contributed by atoms with Crippen LogP contribution < -0.4 is 15.5 Å². The summed E-state index contributed by atoms with van der Waals surface area (Å²) >= 11 is 3.52. The Bertz CT molecular complexity index is 847. The molecule has 6 nitrogen and oxygen atoms in total. The summed E-state index contributed by atoms with van der Waals surface area (Å²) in [6.07, 6.45) is 5.34. The second-order valence-corrected chi connectivity index (χ2v) is 9.03. The van der Waals surface area contributed by atoms with E-state index in [2.05, 4.69) is 52.0 Å². The lowest BCUT2D eigenvalue weighted by molar-refractivity contribution is -0.122. The standard InChI is InChI=1S/C22H30BrN5O/c1-14-13-25-22(26-21(14)27(3)4)28(15(2)16-5-9-18(23)10-6-16)19-11-7-17(8-12-19)20(24)29/h5-6,9-10,13,15,17,19H,7-8,11-12H2,1-4H3,(H2,24,29)/t15-,17?,19?/m0/s1. The molecule has 1 saturated carbocycles. The molecule has 156 valence electrons. The van der Waals surface area contributed by atoms with Crippen molar-refractivity contribution in [3.63, 3.8) is 0 Å². The van der Waals surface area contributed by atoms with Crippen LogP contribution in [-0.4, -0.2) is 36.0 Å². The predicted octanol–water partition coefficient (Wildman–Crippen LogP) is 4.23. The average molecular weight is 460 g/mol. The second kappa shape index (κ2) is 9.11. The first-order valence-electron chi connectivity index (χ1n) is 10.1. The van der Waals surface area contributed by atoms with Gasteiger partial charge in [0, 0.05) is 42.3 Å². The fourth-order valence-corrected chi connectivity index (χ4v) is 4.46. The highest BCUT2D eigenvalue weighted by Gasteiger charge is 2.33. The first kappa shape index (κ1) is 21.6. The van der Waals surface area contributed by atoms with Crippen molar-refractivity contribution in [3.8, 4) is 0 Å². The van der Waals surface area contributed by atoms with Gasteiger partial charge in [0.15, 0.2) is 0 Å². The van der Waals surface area contributed by atoms with E-state index in [9.17, 15) is 4.79 Å². The Hall–Kier alpha value is -2.15. The van der Waals surface area contributed by atoms with Crippen LogP contribution >= 0.6 is 15.9 Å². The highest BCUT2D eigenvalue weighted by Crippen LogP contribution is 2.36. The van der Waals surface area contributed by atoms with Crippen molar-refractivity contribution in [2.75, 3.05) is 23.9 Å². The molecule has 0 bridgehead atoms. The van der Waals surface area contributed by atoms with E-state index >= 15 is 0 Å². The van der Waals surface area contributed by atoms with Crippen molar-refractivity contribution >= 4 is 33.6 Å². The lowest BCUT2D eigenvalue weighted by atomic mass is 9.84. The van der Waals surface area contributed by atoms with E-state index < -0.39 is 0 Å². The molecule has 2 N–H and O–H groups in total. The lowest BCUT2D eigenvalue weighted by Crippen LogP contribution is -2.42. The Kier molecular flexibility index (Phi) is 6.77. The Labute approximate surface area is 181 Å². The van der Waals surface area contributed by atoms with Crippen LogP contribution in [0.2, 0.25) is 0 Å². The number of nitrogens with zero attached hydrogens (tertiary/aromatic N) is 4. The average Bonchev–Trinajstić information content (AvgIpc) is 2.70. The lowest BCUT2D eigenvalue weighted by Gasteiger charge is -2.40. The molecule has 1 aliphatic carbocycles. The minimum atomic E-state index is -0.183. The number of nitrogens with two attached hydrogens (primary N) is 1. The molecule has 2 aromatic rings. The molecule has 1 heterocycles. The van der Waals surface area contributed by atoms with Crippen LogP contribution in [0.3, 0.4) is 0 Å². The first-order chi connectivity index (χ1) is 13.8. The molecule has 1 aliphatic rings. The third kappa shape index (κ3) is 4.89. The van der Waals surface area contributed by atoms with Gasteiger partial charge < -0.3 is 15.5 Å². The Morgan fingerprint density at radius 2 is 1.79 bits per heavy atom. The number of benzene rings is 1. The molecular formula is C22H30BrN5O. The van der Waals surface area contributed by atoms with Crippen molar-refractivity contribution < 1.29 is 4.79 Å². The number of hydrogen-bond acceptors (Lipinski definition) is 5. The number of aromatic nitrogens is 2. The monoisotopic (exact) mass is 459 g/mol. The van der Waals surface area contributed by atoms with Crippen LogP contribution in [0.15, 0.2) is 34.9 Å². The van der Waals surface area contributed by atoms with Gasteiger partial charge in [-0.3, -0.25) is 4.79 Å². The van der Waals surface area contributed by atoms with Gasteiger partial charge in [0.2, 0.25) is 11.9 Å². The maximum absolute atomic E-state index is 11.6. The zero-order chi connectivity index (χ0) is 21.1. The van der Waals surface area contributed by atoms with E-state index in [0.717, 1.165) is 47.5 Å². The van der Waals surface area contributed by atoms with E-state index in [1.165, 1.54) is 5.56 Å². The van der Waals surface area contributed by atoms with Gasteiger partial charge in [-0.25, -0.2) is 4.98 Å². The van der Waals surface area contributed by atoms with Crippen LogP contribution in [0.25, 0.3) is 0 Å². The number of primary amides is 1. The number of rotatable bonds is 6. The molecule has 1 aromatic heterocycles. The Morgan fingerprint density at radius 1 is 1.17 bits per heavy atom. The molecule has 0 saturated heterocycles. The molecule has 1 atom stereocenters. The smallest absolute Gasteiger partial charge is 0.228 e. The summed E-state index contributed by atoms with van der Waals surface area (Å²) in [5.74, 6) is 1.45. The minimum Gasteiger partial charge on any atom is -0.369 e. The van der Waals surface area contributed by atoms with Crippen LogP contribution in [0.1, 0.15) is 49.8 Å². The summed E-state index contributed by atoms with van der Waals surface area (Å²) in [7, 11) is 4.00. The van der Waals surface area contributed by atoms with Crippen molar-refractivity contribution in [2.24, 2.45) is 11.7 Å². The topological polar surface area (TPSA) is 75.4 Å². The summed E-state index contributed by atoms with van der Waals surface area (Å²) in [4.78, 5) is 25.6. The molecule has 1 aromatic carbocycles. The molecule has 1 fully saturated rings. The zero-order valence-corrected chi connectivity index (χ0v) is 19.2. The third-order valence-corrected chi connectivity index (χ3v) is 6.38. The highest BCUT2D eigenvalue weighted by atomic mass is 79.9. The number of halogens is 1. The fourth-order valence-electron chi connectivity index (χ4n) is 4.19. The number of carbonyl (C=O) groups excluding carboxylic acids is 1. The van der Waals surface area contributed by atoms with Crippen molar-refractivity contribution in [2.45, 2.75) is 51.6 Å². The first-order valence-corrected chi connectivity index (χ1v) is 10.9. The van der Waals surface area contributed by atoms with Crippen LogP contribution in [0, 0.1) is 12.8 Å². The van der Waals surface area contributed by atoms with Gasteiger partial charge in [-0.2, -0.15) is 4.98 Å².